The van der Waals surface area contributed by atoms with E-state index in [0.717, 1.165) is 17.4 Å². The number of aromatic nitrogens is 4. The molecule has 7 heteroatoms. The fraction of sp³-hybridized carbons (Fsp3) is 0.583. The highest BCUT2D eigenvalue weighted by atomic mass is 16.2. The number of aryl methyl sites for hydroxylation is 2. The van der Waals surface area contributed by atoms with Gasteiger partial charge < -0.3 is 9.88 Å². The summed E-state index contributed by atoms with van der Waals surface area (Å²) in [5.74, 6) is 0.613. The second-order valence-electron chi connectivity index (χ2n) is 4.57. The van der Waals surface area contributed by atoms with Gasteiger partial charge in [0, 0.05) is 27.7 Å². The second kappa shape index (κ2) is 4.91. The molecular formula is C12H19N5O2. The van der Waals surface area contributed by atoms with Gasteiger partial charge in [0.1, 0.15) is 0 Å². The Morgan fingerprint density at radius 2 is 1.89 bits per heavy atom. The second-order valence-corrected chi connectivity index (χ2v) is 4.57. The Balaban J connectivity index is 2.87. The first-order valence-corrected chi connectivity index (χ1v) is 6.36. The van der Waals surface area contributed by atoms with Crippen molar-refractivity contribution in [1.82, 2.24) is 18.7 Å². The third kappa shape index (κ3) is 1.94. The molecule has 7 nitrogen and oxygen atoms in total. The number of fused-ring (bicyclic) bond motifs is 1. The van der Waals surface area contributed by atoms with Crippen LogP contribution in [0, 0.1) is 0 Å². The van der Waals surface area contributed by atoms with Gasteiger partial charge in [0.05, 0.1) is 0 Å². The van der Waals surface area contributed by atoms with Crippen molar-refractivity contribution in [2.24, 2.45) is 14.1 Å². The van der Waals surface area contributed by atoms with Gasteiger partial charge in [-0.25, -0.2) is 4.79 Å². The summed E-state index contributed by atoms with van der Waals surface area (Å²) in [7, 11) is 4.87. The van der Waals surface area contributed by atoms with Crippen LogP contribution in [-0.4, -0.2) is 25.7 Å². The molecule has 0 saturated carbocycles. The van der Waals surface area contributed by atoms with Gasteiger partial charge in [0.2, 0.25) is 5.95 Å². The molecule has 0 fully saturated rings. The van der Waals surface area contributed by atoms with Crippen molar-refractivity contribution >= 4 is 17.1 Å². The lowest BCUT2D eigenvalue weighted by atomic mass is 10.3. The summed E-state index contributed by atoms with van der Waals surface area (Å²) in [4.78, 5) is 28.5. The van der Waals surface area contributed by atoms with Gasteiger partial charge in [0.25, 0.3) is 5.56 Å². The molecule has 104 valence electrons. The van der Waals surface area contributed by atoms with E-state index in [-0.39, 0.29) is 11.2 Å². The Labute approximate surface area is 110 Å². The van der Waals surface area contributed by atoms with E-state index in [9.17, 15) is 9.59 Å². The maximum atomic E-state index is 12.3. The van der Waals surface area contributed by atoms with E-state index >= 15 is 0 Å². The minimum Gasteiger partial charge on any atom is -0.359 e. The molecule has 0 unspecified atom stereocenters. The first-order valence-electron chi connectivity index (χ1n) is 6.36. The van der Waals surface area contributed by atoms with Gasteiger partial charge in [-0.05, 0) is 6.42 Å². The van der Waals surface area contributed by atoms with Crippen LogP contribution in [0.5, 0.6) is 0 Å². The topological polar surface area (TPSA) is 73.8 Å². The minimum atomic E-state index is -0.361. The van der Waals surface area contributed by atoms with Gasteiger partial charge in [-0.1, -0.05) is 13.3 Å². The molecule has 0 spiro atoms. The zero-order chi connectivity index (χ0) is 14.2. The molecule has 2 aromatic heterocycles. The SMILES string of the molecule is CCCCn1c(NC)nc2c1c(=O)n(C)c(=O)n2C. The third-order valence-corrected chi connectivity index (χ3v) is 3.31. The van der Waals surface area contributed by atoms with Crippen molar-refractivity contribution in [3.63, 3.8) is 0 Å². The number of anilines is 1. The molecule has 0 atom stereocenters. The molecule has 0 aliphatic rings. The average Bonchev–Trinajstić information content (AvgIpc) is 2.79. The highest BCUT2D eigenvalue weighted by Gasteiger charge is 2.17. The van der Waals surface area contributed by atoms with Crippen molar-refractivity contribution in [3.8, 4) is 0 Å². The standard InChI is InChI=1S/C12H19N5O2/c1-5-6-7-17-8-9(14-11(17)13-2)15(3)12(19)16(4)10(8)18/h5-7H2,1-4H3,(H,13,14). The lowest BCUT2D eigenvalue weighted by Gasteiger charge is -2.08. The molecule has 1 N–H and O–H groups in total. The summed E-state index contributed by atoms with van der Waals surface area (Å²) >= 11 is 0. The number of rotatable bonds is 4. The van der Waals surface area contributed by atoms with Crippen LogP contribution in [0.3, 0.4) is 0 Å². The van der Waals surface area contributed by atoms with E-state index in [2.05, 4.69) is 17.2 Å². The summed E-state index contributed by atoms with van der Waals surface area (Å²) < 4.78 is 4.37. The monoisotopic (exact) mass is 265 g/mol. The van der Waals surface area contributed by atoms with Crippen LogP contribution >= 0.6 is 0 Å². The largest absolute Gasteiger partial charge is 0.359 e. The Kier molecular flexibility index (Phi) is 3.46. The van der Waals surface area contributed by atoms with E-state index in [4.69, 9.17) is 0 Å². The van der Waals surface area contributed by atoms with Crippen molar-refractivity contribution in [2.45, 2.75) is 26.3 Å². The average molecular weight is 265 g/mol. The van der Waals surface area contributed by atoms with E-state index < -0.39 is 0 Å². The Morgan fingerprint density at radius 3 is 2.47 bits per heavy atom. The van der Waals surface area contributed by atoms with Crippen molar-refractivity contribution < 1.29 is 0 Å². The number of hydrogen-bond acceptors (Lipinski definition) is 4. The van der Waals surface area contributed by atoms with Crippen LogP contribution < -0.4 is 16.6 Å². The number of unbranched alkanes of at least 4 members (excludes halogenated alkanes) is 1. The Hall–Kier alpha value is -2.05. The first-order chi connectivity index (χ1) is 9.02. The summed E-state index contributed by atoms with van der Waals surface area (Å²) in [5, 5.41) is 2.98. The van der Waals surface area contributed by atoms with Crippen LogP contribution in [0.4, 0.5) is 5.95 Å². The molecule has 0 bridgehead atoms. The summed E-state index contributed by atoms with van der Waals surface area (Å²) in [5.41, 5.74) is 0.236. The normalized spacial score (nSPS) is 11.2. The molecule has 2 rings (SSSR count). The van der Waals surface area contributed by atoms with Crippen molar-refractivity contribution in [2.75, 3.05) is 12.4 Å². The van der Waals surface area contributed by atoms with Crippen LogP contribution in [-0.2, 0) is 20.6 Å². The van der Waals surface area contributed by atoms with E-state index in [1.807, 2.05) is 4.57 Å². The molecule has 0 radical (unpaired) electrons. The van der Waals surface area contributed by atoms with Gasteiger partial charge in [0.15, 0.2) is 11.2 Å². The fourth-order valence-electron chi connectivity index (χ4n) is 2.17. The van der Waals surface area contributed by atoms with Gasteiger partial charge in [-0.15, -0.1) is 0 Å². The lowest BCUT2D eigenvalue weighted by Crippen LogP contribution is -2.37. The van der Waals surface area contributed by atoms with Crippen molar-refractivity contribution in [1.29, 1.82) is 0 Å². The molecule has 2 aromatic rings. The number of nitrogens with zero attached hydrogens (tertiary/aromatic N) is 4. The van der Waals surface area contributed by atoms with E-state index in [1.54, 1.807) is 14.1 Å². The third-order valence-electron chi connectivity index (χ3n) is 3.31. The van der Waals surface area contributed by atoms with E-state index in [0.29, 0.717) is 23.7 Å². The quantitative estimate of drug-likeness (QED) is 0.861. The molecule has 0 aromatic carbocycles. The maximum Gasteiger partial charge on any atom is 0.332 e. The van der Waals surface area contributed by atoms with Crippen LogP contribution in [0.15, 0.2) is 9.59 Å². The minimum absolute atomic E-state index is 0.303. The Morgan fingerprint density at radius 1 is 1.21 bits per heavy atom. The highest BCUT2D eigenvalue weighted by Crippen LogP contribution is 2.15. The number of nitrogens with one attached hydrogen (secondary N) is 1. The highest BCUT2D eigenvalue weighted by molar-refractivity contribution is 5.74. The molecule has 0 amide bonds. The van der Waals surface area contributed by atoms with Gasteiger partial charge >= 0.3 is 5.69 Å². The fourth-order valence-corrected chi connectivity index (χ4v) is 2.17. The van der Waals surface area contributed by atoms with E-state index in [1.165, 1.54) is 11.6 Å². The lowest BCUT2D eigenvalue weighted by molar-refractivity contribution is 0.642. The van der Waals surface area contributed by atoms with Crippen LogP contribution in [0.2, 0.25) is 0 Å². The predicted octanol–water partition coefficient (Wildman–Crippen LogP) is 0.275. The van der Waals surface area contributed by atoms with Crippen LogP contribution in [0.1, 0.15) is 19.8 Å². The number of hydrogen-bond donors (Lipinski definition) is 1. The zero-order valence-corrected chi connectivity index (χ0v) is 11.7. The van der Waals surface area contributed by atoms with Gasteiger partial charge in [-0.2, -0.15) is 4.98 Å². The van der Waals surface area contributed by atoms with Crippen LogP contribution in [0.25, 0.3) is 11.2 Å². The molecule has 19 heavy (non-hydrogen) atoms. The first kappa shape index (κ1) is 13.4. The molecule has 0 saturated heterocycles. The molecule has 0 aliphatic heterocycles. The smallest absolute Gasteiger partial charge is 0.332 e. The molecule has 2 heterocycles. The zero-order valence-electron chi connectivity index (χ0n) is 11.7. The maximum absolute atomic E-state index is 12.3. The summed E-state index contributed by atoms with van der Waals surface area (Å²) in [6.45, 7) is 2.79. The molecule has 0 aliphatic carbocycles. The molecular weight excluding hydrogens is 246 g/mol. The van der Waals surface area contributed by atoms with Crippen molar-refractivity contribution in [3.05, 3.63) is 20.8 Å². The van der Waals surface area contributed by atoms with Gasteiger partial charge in [-0.3, -0.25) is 13.9 Å². The number of imidazole rings is 1. The predicted molar refractivity (Wildman–Crippen MR) is 74.7 cm³/mol. The Bertz CT molecular complexity index is 722. The summed E-state index contributed by atoms with van der Waals surface area (Å²) in [6, 6.07) is 0. The summed E-state index contributed by atoms with van der Waals surface area (Å²) in [6.07, 6.45) is 1.97.